The van der Waals surface area contributed by atoms with Crippen LogP contribution in [0.2, 0.25) is 5.02 Å². The maximum absolute atomic E-state index is 6.13. The molecule has 0 aromatic carbocycles. The molecule has 0 amide bonds. The summed E-state index contributed by atoms with van der Waals surface area (Å²) in [4.78, 5) is 7.25. The van der Waals surface area contributed by atoms with Gasteiger partial charge >= 0.3 is 0 Å². The average Bonchev–Trinajstić information content (AvgIpc) is 2.97. The van der Waals surface area contributed by atoms with E-state index < -0.39 is 0 Å². The highest BCUT2D eigenvalue weighted by Gasteiger charge is 2.36. The Morgan fingerprint density at radius 3 is 2.83 bits per heavy atom. The number of piperazine rings is 1. The predicted octanol–water partition coefficient (Wildman–Crippen LogP) is 2.60. The van der Waals surface area contributed by atoms with Crippen LogP contribution in [0.4, 0.5) is 5.82 Å². The molecule has 23 heavy (non-hydrogen) atoms. The van der Waals surface area contributed by atoms with Gasteiger partial charge in [0, 0.05) is 42.0 Å². The van der Waals surface area contributed by atoms with Crippen molar-refractivity contribution in [2.45, 2.75) is 18.5 Å². The minimum Gasteiger partial charge on any atom is -0.353 e. The van der Waals surface area contributed by atoms with Crippen LogP contribution in [-0.2, 0) is 0 Å². The topological polar surface area (TPSA) is 45.5 Å². The molecule has 2 atom stereocenters. The third kappa shape index (κ3) is 2.19. The normalized spacial score (nSPS) is 23.1. The van der Waals surface area contributed by atoms with Crippen molar-refractivity contribution in [2.75, 3.05) is 18.0 Å². The highest BCUT2D eigenvalue weighted by molar-refractivity contribution is 6.31. The van der Waals surface area contributed by atoms with Gasteiger partial charge in [-0.15, -0.1) is 0 Å². The number of pyridine rings is 2. The smallest absolute Gasteiger partial charge is 0.129 e. The molecule has 116 valence electrons. The molecule has 0 spiro atoms. The second kappa shape index (κ2) is 4.94. The molecule has 6 heterocycles. The Balaban J connectivity index is 1.55. The lowest BCUT2D eigenvalue weighted by Gasteiger charge is -2.48. The molecular formula is C17H16ClN5. The largest absolute Gasteiger partial charge is 0.353 e. The molecule has 3 fully saturated rings. The molecule has 6 heteroatoms. The molecule has 0 radical (unpaired) electrons. The van der Waals surface area contributed by atoms with Crippen LogP contribution in [0.5, 0.6) is 0 Å². The molecule has 2 unspecified atom stereocenters. The number of nitrogens with zero attached hydrogens (tertiary/aromatic N) is 4. The summed E-state index contributed by atoms with van der Waals surface area (Å²) in [6.07, 6.45) is 5.02. The first kappa shape index (κ1) is 13.3. The van der Waals surface area contributed by atoms with Gasteiger partial charge in [0.2, 0.25) is 0 Å². The van der Waals surface area contributed by atoms with Crippen LogP contribution in [0, 0.1) is 0 Å². The lowest BCUT2D eigenvalue weighted by atomic mass is 9.91. The fourth-order valence-corrected chi connectivity index (χ4v) is 3.76. The minimum absolute atomic E-state index is 0.620. The highest BCUT2D eigenvalue weighted by Crippen LogP contribution is 2.29. The summed E-state index contributed by atoms with van der Waals surface area (Å²) in [5.41, 5.74) is 2.92. The quantitative estimate of drug-likeness (QED) is 0.786. The van der Waals surface area contributed by atoms with Crippen molar-refractivity contribution in [1.82, 2.24) is 19.9 Å². The summed E-state index contributed by atoms with van der Waals surface area (Å²) >= 11 is 6.13. The Morgan fingerprint density at radius 1 is 1.17 bits per heavy atom. The van der Waals surface area contributed by atoms with Crippen LogP contribution in [-0.4, -0.2) is 39.8 Å². The number of hydrogen-bond acceptors (Lipinski definition) is 4. The predicted molar refractivity (Wildman–Crippen MR) is 91.0 cm³/mol. The highest BCUT2D eigenvalue weighted by atomic mass is 35.5. The van der Waals surface area contributed by atoms with Crippen molar-refractivity contribution in [3.05, 3.63) is 47.7 Å². The van der Waals surface area contributed by atoms with Crippen LogP contribution in [0.15, 0.2) is 42.7 Å². The third-order valence-corrected chi connectivity index (χ3v) is 4.97. The zero-order chi connectivity index (χ0) is 15.4. The maximum Gasteiger partial charge on any atom is 0.129 e. The van der Waals surface area contributed by atoms with Gasteiger partial charge in [-0.1, -0.05) is 17.7 Å². The fraction of sp³-hybridized carbons (Fsp3) is 0.294. The van der Waals surface area contributed by atoms with Crippen molar-refractivity contribution in [2.24, 2.45) is 0 Å². The second-order valence-electron chi connectivity index (χ2n) is 6.32. The molecule has 3 aliphatic rings. The number of rotatable bonds is 2. The first-order chi connectivity index (χ1) is 11.3. The number of aromatic nitrogens is 3. The summed E-state index contributed by atoms with van der Waals surface area (Å²) < 4.78 is 1.83. The van der Waals surface area contributed by atoms with Crippen LogP contribution < -0.4 is 10.2 Å². The molecule has 6 rings (SSSR count). The summed E-state index contributed by atoms with van der Waals surface area (Å²) in [5, 5.41) is 8.65. The van der Waals surface area contributed by atoms with Crippen LogP contribution in [0.25, 0.3) is 16.8 Å². The van der Waals surface area contributed by atoms with E-state index in [1.165, 1.54) is 6.42 Å². The Labute approximate surface area is 138 Å². The van der Waals surface area contributed by atoms with Crippen molar-refractivity contribution in [1.29, 1.82) is 0 Å². The Hall–Kier alpha value is -2.11. The van der Waals surface area contributed by atoms with Crippen molar-refractivity contribution in [3.63, 3.8) is 0 Å². The van der Waals surface area contributed by atoms with E-state index in [1.54, 1.807) is 0 Å². The standard InChI is InChI=1S/C17H16ClN5/c18-11-4-5-23-16(6-11)14(8-19-23)15-2-1-3-17(21-15)22-9-12-7-13(10-22)20-12/h1-6,8,12-13,20H,7,9-10H2. The molecule has 5 nitrogen and oxygen atoms in total. The maximum atomic E-state index is 6.13. The molecule has 0 saturated carbocycles. The first-order valence-corrected chi connectivity index (χ1v) is 8.25. The van der Waals surface area contributed by atoms with Gasteiger partial charge in [-0.3, -0.25) is 0 Å². The van der Waals surface area contributed by atoms with E-state index in [4.69, 9.17) is 16.6 Å². The fourth-order valence-electron chi connectivity index (χ4n) is 3.60. The molecular weight excluding hydrogens is 310 g/mol. The molecule has 3 saturated heterocycles. The third-order valence-electron chi connectivity index (χ3n) is 4.74. The van der Waals surface area contributed by atoms with Gasteiger partial charge < -0.3 is 10.2 Å². The van der Waals surface area contributed by atoms with Gasteiger partial charge in [-0.05, 0) is 30.7 Å². The Bertz CT molecular complexity index is 874. The zero-order valence-corrected chi connectivity index (χ0v) is 13.2. The van der Waals surface area contributed by atoms with E-state index in [1.807, 2.05) is 35.1 Å². The Morgan fingerprint density at radius 2 is 2.00 bits per heavy atom. The number of hydrogen-bond donors (Lipinski definition) is 1. The van der Waals surface area contributed by atoms with E-state index in [0.717, 1.165) is 35.7 Å². The van der Waals surface area contributed by atoms with Gasteiger partial charge in [0.15, 0.2) is 0 Å². The molecule has 2 bridgehead atoms. The van der Waals surface area contributed by atoms with Crippen molar-refractivity contribution in [3.8, 4) is 11.3 Å². The average molecular weight is 326 g/mol. The summed E-state index contributed by atoms with van der Waals surface area (Å²) in [6, 6.07) is 11.2. The first-order valence-electron chi connectivity index (χ1n) is 7.87. The molecule has 1 N–H and O–H groups in total. The summed E-state index contributed by atoms with van der Waals surface area (Å²) in [5.74, 6) is 1.04. The number of nitrogens with one attached hydrogen (secondary N) is 1. The minimum atomic E-state index is 0.620. The van der Waals surface area contributed by atoms with E-state index in [0.29, 0.717) is 17.1 Å². The monoisotopic (exact) mass is 325 g/mol. The van der Waals surface area contributed by atoms with Crippen LogP contribution in [0.1, 0.15) is 6.42 Å². The lowest BCUT2D eigenvalue weighted by Crippen LogP contribution is -2.67. The number of anilines is 1. The summed E-state index contributed by atoms with van der Waals surface area (Å²) in [6.45, 7) is 2.07. The van der Waals surface area contributed by atoms with Crippen LogP contribution in [0.3, 0.4) is 0 Å². The molecule has 3 aliphatic heterocycles. The molecule has 3 aromatic heterocycles. The van der Waals surface area contributed by atoms with E-state index >= 15 is 0 Å². The molecule has 3 aromatic rings. The van der Waals surface area contributed by atoms with E-state index in [9.17, 15) is 0 Å². The van der Waals surface area contributed by atoms with E-state index in [-0.39, 0.29) is 0 Å². The van der Waals surface area contributed by atoms with Gasteiger partial charge in [-0.25, -0.2) is 9.50 Å². The summed E-state index contributed by atoms with van der Waals surface area (Å²) in [7, 11) is 0. The van der Waals surface area contributed by atoms with Gasteiger partial charge in [0.1, 0.15) is 5.82 Å². The van der Waals surface area contributed by atoms with Crippen LogP contribution >= 0.6 is 11.6 Å². The van der Waals surface area contributed by atoms with E-state index in [2.05, 4.69) is 27.4 Å². The SMILES string of the molecule is Clc1ccn2ncc(-c3cccc(N4CC5CC(C4)N5)n3)c2c1. The van der Waals surface area contributed by atoms with Gasteiger partial charge in [0.05, 0.1) is 17.4 Å². The zero-order valence-electron chi connectivity index (χ0n) is 12.5. The van der Waals surface area contributed by atoms with Gasteiger partial charge in [-0.2, -0.15) is 5.10 Å². The Kier molecular flexibility index (Phi) is 2.87. The lowest BCUT2D eigenvalue weighted by molar-refractivity contribution is 0.225. The van der Waals surface area contributed by atoms with Gasteiger partial charge in [0.25, 0.3) is 0 Å². The molecule has 0 aliphatic carbocycles. The number of piperidine rings is 1. The van der Waals surface area contributed by atoms with Crippen molar-refractivity contribution >= 4 is 22.9 Å². The number of halogens is 1. The van der Waals surface area contributed by atoms with Crippen molar-refractivity contribution < 1.29 is 0 Å². The second-order valence-corrected chi connectivity index (χ2v) is 6.75. The number of fused-ring (bicyclic) bond motifs is 3.